The van der Waals surface area contributed by atoms with E-state index >= 15 is 0 Å². The van der Waals surface area contributed by atoms with Crippen molar-refractivity contribution in [3.05, 3.63) is 273 Å². The van der Waals surface area contributed by atoms with Crippen LogP contribution in [0.25, 0.3) is 0 Å². The highest BCUT2D eigenvalue weighted by Gasteiger charge is 2.15. The topological polar surface area (TPSA) is 331 Å². The van der Waals surface area contributed by atoms with Crippen molar-refractivity contribution >= 4 is 69.3 Å². The fourth-order valence-electron chi connectivity index (χ4n) is 8.59. The maximum Gasteiger partial charge on any atom is 0.274 e. The summed E-state index contributed by atoms with van der Waals surface area (Å²) >= 11 is 0. The van der Waals surface area contributed by atoms with Gasteiger partial charge in [-0.2, -0.15) is 4.98 Å². The summed E-state index contributed by atoms with van der Waals surface area (Å²) in [5, 5.41) is 11.1. The van der Waals surface area contributed by atoms with Gasteiger partial charge in [0.1, 0.15) is 42.5 Å². The monoisotopic (exact) mass is 1290 g/mol. The lowest BCUT2D eigenvalue weighted by Crippen LogP contribution is -2.17. The van der Waals surface area contributed by atoms with Crippen LogP contribution >= 0.6 is 0 Å². The van der Waals surface area contributed by atoms with Gasteiger partial charge >= 0.3 is 0 Å². The molecule has 0 unspecified atom stereocenters. The molecule has 27 nitrogen and oxygen atoms in total. The van der Waals surface area contributed by atoms with Crippen LogP contribution in [0.2, 0.25) is 0 Å². The number of terminal acetylenes is 1. The first-order valence-corrected chi connectivity index (χ1v) is 29.3. The molecule has 3 aromatic carbocycles. The molecule has 0 aliphatic carbocycles. The molecule has 0 aliphatic rings. The highest BCUT2D eigenvalue weighted by molar-refractivity contribution is 6.06. The zero-order chi connectivity index (χ0) is 68.1. The standard InChI is InChI=1S/C19H19N5O.C18H17N5O.C17H11N5O2.C16H13N5O3/c1-3-24(18-11-21-13-22-12-18)17-8-16(9-20-10-17)23-19(25)15-6-4-5-14(2)7-15;1-13-4-3-5-14(6-13)18(24)22-15-7-16(9-19-8-15)23(2)17-10-20-12-21-11-17;1-2-12-4-3-5-13(6-12)17(23)22-15-9-18-10-16(21-15)24-14-7-19-11-20-8-14;1-23-12-2-3-20-15(5-12)16(22)21-11-4-13(7-17-6-11)24-14-8-18-10-19-9-14/h4-13H,3H2,1-2H3,(H,23,25);3-12H,1-2H3,(H,22,24);1,3-11H,(H,21,22,23);2-10H,1H3,(H,21,22). The van der Waals surface area contributed by atoms with Gasteiger partial charge in [0.15, 0.2) is 17.3 Å². The van der Waals surface area contributed by atoms with Crippen LogP contribution < -0.4 is 45.3 Å². The van der Waals surface area contributed by atoms with Crippen molar-refractivity contribution in [1.82, 2.24) is 69.8 Å². The maximum absolute atomic E-state index is 12.4. The lowest BCUT2D eigenvalue weighted by Gasteiger charge is -2.22. The summed E-state index contributed by atoms with van der Waals surface area (Å²) in [5.74, 6) is 3.77. The number of ether oxygens (including phenoxy) is 3. The zero-order valence-corrected chi connectivity index (χ0v) is 52.7. The normalized spacial score (nSPS) is 10.1. The number of aromatic nitrogens is 14. The Bertz CT molecular complexity index is 4640. The Morgan fingerprint density at radius 1 is 0.454 bits per heavy atom. The minimum atomic E-state index is -0.379. The number of nitrogens with zero attached hydrogens (tertiary/aromatic N) is 16. The molecule has 9 aromatic heterocycles. The summed E-state index contributed by atoms with van der Waals surface area (Å²) in [6.45, 7) is 6.67. The number of anilines is 8. The van der Waals surface area contributed by atoms with Gasteiger partial charge in [-0.05, 0) is 81.4 Å². The first-order valence-electron chi connectivity index (χ1n) is 29.3. The van der Waals surface area contributed by atoms with E-state index in [1.165, 1.54) is 88.2 Å². The number of amides is 4. The van der Waals surface area contributed by atoms with Crippen molar-refractivity contribution in [1.29, 1.82) is 0 Å². The number of methoxy groups -OCH3 is 1. The van der Waals surface area contributed by atoms with Gasteiger partial charge in [-0.3, -0.25) is 44.1 Å². The third-order valence-corrected chi connectivity index (χ3v) is 13.2. The van der Waals surface area contributed by atoms with Crippen LogP contribution in [0, 0.1) is 26.2 Å². The number of benzene rings is 3. The van der Waals surface area contributed by atoms with Crippen LogP contribution in [0.4, 0.5) is 45.6 Å². The molecule has 0 radical (unpaired) electrons. The molecule has 0 aliphatic heterocycles. The van der Waals surface area contributed by atoms with Gasteiger partial charge in [-0.1, -0.05) is 47.4 Å². The number of hydrogen-bond acceptors (Lipinski definition) is 23. The molecule has 0 saturated heterocycles. The average molecular weight is 1290 g/mol. The predicted octanol–water partition coefficient (Wildman–Crippen LogP) is 11.4. The molecule has 12 aromatic rings. The average Bonchev–Trinajstić information content (AvgIpc) is 1.06. The van der Waals surface area contributed by atoms with Crippen molar-refractivity contribution in [2.75, 3.05) is 51.8 Å². The van der Waals surface area contributed by atoms with Gasteiger partial charge in [-0.15, -0.1) is 6.42 Å². The molecule has 4 N–H and O–H groups in total. The number of rotatable bonds is 18. The second kappa shape index (κ2) is 34.5. The molecule has 0 fully saturated rings. The molecule has 4 amide bonds. The first-order chi connectivity index (χ1) is 47.3. The van der Waals surface area contributed by atoms with E-state index in [1.807, 2.05) is 86.1 Å². The second-order valence-corrected chi connectivity index (χ2v) is 20.2. The van der Waals surface area contributed by atoms with Crippen LogP contribution in [0.5, 0.6) is 28.9 Å². The Balaban J connectivity index is 0.000000152. The number of aryl methyl sites for hydroxylation is 2. The number of nitrogens with one attached hydrogen (secondary N) is 4. The van der Waals surface area contributed by atoms with Gasteiger partial charge in [0.2, 0.25) is 5.88 Å². The van der Waals surface area contributed by atoms with Gasteiger partial charge < -0.3 is 45.3 Å². The summed E-state index contributed by atoms with van der Waals surface area (Å²) in [6, 6.07) is 30.2. The molecule has 0 saturated carbocycles. The molecule has 0 atom stereocenters. The third-order valence-electron chi connectivity index (χ3n) is 13.2. The molecule has 12 rings (SSSR count). The molecule has 9 heterocycles. The molecule has 27 heteroatoms. The SMILES string of the molecule is C#Cc1cccc(C(=O)Nc2cncc(Oc3cncnc3)n2)c1.CCN(c1cncnc1)c1cncc(NC(=O)c2cccc(C)c2)c1.COc1ccnc(C(=O)Nc2cncc(Oc3cncnc3)c2)c1.Cc1cccc(C(=O)Nc2cncc(N(C)c3cncnc3)c2)c1. The van der Waals surface area contributed by atoms with Gasteiger partial charge in [0.05, 0.1) is 146 Å². The zero-order valence-electron chi connectivity index (χ0n) is 52.7. The van der Waals surface area contributed by atoms with E-state index < -0.39 is 0 Å². The Kier molecular flexibility index (Phi) is 24.0. The van der Waals surface area contributed by atoms with E-state index in [4.69, 9.17) is 20.6 Å². The number of pyridine rings is 4. The van der Waals surface area contributed by atoms with E-state index in [0.717, 1.165) is 40.4 Å². The molecular weight excluding hydrogens is 1230 g/mol. The Morgan fingerprint density at radius 2 is 0.928 bits per heavy atom. The van der Waals surface area contributed by atoms with Crippen LogP contribution in [0.15, 0.2) is 234 Å². The Labute approximate surface area is 556 Å². The van der Waals surface area contributed by atoms with Crippen molar-refractivity contribution in [2.45, 2.75) is 20.8 Å². The number of carbonyl (C=O) groups excluding carboxylic acids is 4. The van der Waals surface area contributed by atoms with E-state index in [2.05, 4.69) is 97.0 Å². The van der Waals surface area contributed by atoms with Gasteiger partial charge in [0.25, 0.3) is 23.6 Å². The molecule has 0 bridgehead atoms. The van der Waals surface area contributed by atoms with Crippen LogP contribution in [-0.4, -0.2) is 114 Å². The van der Waals surface area contributed by atoms with Crippen molar-refractivity contribution in [2.24, 2.45) is 0 Å². The quantitative estimate of drug-likeness (QED) is 0.0580. The van der Waals surface area contributed by atoms with Crippen molar-refractivity contribution in [3.63, 3.8) is 0 Å². The third kappa shape index (κ3) is 20.6. The Morgan fingerprint density at radius 3 is 1.51 bits per heavy atom. The van der Waals surface area contributed by atoms with Crippen LogP contribution in [0.1, 0.15) is 65.2 Å². The predicted molar refractivity (Wildman–Crippen MR) is 363 cm³/mol. The van der Waals surface area contributed by atoms with E-state index in [0.29, 0.717) is 62.3 Å². The molecule has 0 spiro atoms. The largest absolute Gasteiger partial charge is 0.497 e. The highest BCUT2D eigenvalue weighted by atomic mass is 16.5. The summed E-state index contributed by atoms with van der Waals surface area (Å²) in [7, 11) is 3.41. The lowest BCUT2D eigenvalue weighted by molar-refractivity contribution is 0.101. The lowest BCUT2D eigenvalue weighted by atomic mass is 10.1. The molecule has 482 valence electrons. The highest BCUT2D eigenvalue weighted by Crippen LogP contribution is 2.28. The van der Waals surface area contributed by atoms with Gasteiger partial charge in [-0.25, -0.2) is 39.9 Å². The summed E-state index contributed by atoms with van der Waals surface area (Å²) in [5.41, 5.74) is 9.73. The molecular formula is C70H60N20O7. The van der Waals surface area contributed by atoms with Crippen molar-refractivity contribution in [3.8, 4) is 41.2 Å². The Hall–Kier alpha value is -13.9. The first kappa shape index (κ1) is 67.5. The maximum atomic E-state index is 12.4. The number of hydrogen-bond donors (Lipinski definition) is 4. The summed E-state index contributed by atoms with van der Waals surface area (Å²) in [4.78, 5) is 109. The minimum absolute atomic E-state index is 0.159. The summed E-state index contributed by atoms with van der Waals surface area (Å²) in [6.07, 6.45) is 38.1. The van der Waals surface area contributed by atoms with Gasteiger partial charge in [0, 0.05) is 54.2 Å². The van der Waals surface area contributed by atoms with Crippen molar-refractivity contribution < 1.29 is 33.4 Å². The summed E-state index contributed by atoms with van der Waals surface area (Å²) < 4.78 is 16.1. The second-order valence-electron chi connectivity index (χ2n) is 20.2. The van der Waals surface area contributed by atoms with E-state index in [-0.39, 0.29) is 41.0 Å². The van der Waals surface area contributed by atoms with Crippen LogP contribution in [-0.2, 0) is 0 Å². The smallest absolute Gasteiger partial charge is 0.274 e. The van der Waals surface area contributed by atoms with E-state index in [9.17, 15) is 19.2 Å². The van der Waals surface area contributed by atoms with Crippen LogP contribution in [0.3, 0.4) is 0 Å². The fourth-order valence-corrected chi connectivity index (χ4v) is 8.59. The minimum Gasteiger partial charge on any atom is -0.497 e. The number of carbonyl (C=O) groups is 4. The fraction of sp³-hybridized carbons (Fsp3) is 0.0857. The molecule has 97 heavy (non-hydrogen) atoms. The van der Waals surface area contributed by atoms with E-state index in [1.54, 1.807) is 104 Å².